The molecule has 6 nitrogen and oxygen atoms in total. The highest BCUT2D eigenvalue weighted by Gasteiger charge is 2.28. The van der Waals surface area contributed by atoms with E-state index in [1.807, 2.05) is 13.8 Å². The monoisotopic (exact) mass is 278 g/mol. The molecule has 0 amide bonds. The average Bonchev–Trinajstić information content (AvgIpc) is 3.11. The zero-order chi connectivity index (χ0) is 13.7. The van der Waals surface area contributed by atoms with Crippen LogP contribution in [0, 0.1) is 4.64 Å². The van der Waals surface area contributed by atoms with Crippen molar-refractivity contribution in [1.29, 1.82) is 0 Å². The minimum absolute atomic E-state index is 0.146. The molecule has 1 aliphatic carbocycles. The third-order valence-electron chi connectivity index (χ3n) is 3.29. The van der Waals surface area contributed by atoms with Gasteiger partial charge in [-0.1, -0.05) is 26.1 Å². The molecule has 0 aromatic carbocycles. The van der Waals surface area contributed by atoms with Gasteiger partial charge in [0.1, 0.15) is 21.5 Å². The molecule has 2 aromatic rings. The molecule has 0 spiro atoms. The van der Waals surface area contributed by atoms with Gasteiger partial charge in [-0.2, -0.15) is 0 Å². The summed E-state index contributed by atoms with van der Waals surface area (Å²) in [4.78, 5) is 33.5. The van der Waals surface area contributed by atoms with Crippen molar-refractivity contribution >= 4 is 23.3 Å². The molecule has 7 heteroatoms. The number of nitrogens with one attached hydrogen (secondary N) is 2. The lowest BCUT2D eigenvalue weighted by atomic mass is 10.2. The van der Waals surface area contributed by atoms with Gasteiger partial charge in [-0.25, -0.2) is 9.78 Å². The van der Waals surface area contributed by atoms with Crippen molar-refractivity contribution in [2.45, 2.75) is 38.6 Å². The van der Waals surface area contributed by atoms with Crippen LogP contribution in [0.5, 0.6) is 0 Å². The van der Waals surface area contributed by atoms with E-state index in [0.717, 1.165) is 12.8 Å². The van der Waals surface area contributed by atoms with Gasteiger partial charge >= 0.3 is 5.69 Å². The van der Waals surface area contributed by atoms with E-state index < -0.39 is 5.56 Å². The fourth-order valence-electron chi connectivity index (χ4n) is 2.14. The van der Waals surface area contributed by atoms with Crippen LogP contribution in [0.4, 0.5) is 0 Å². The van der Waals surface area contributed by atoms with E-state index in [0.29, 0.717) is 16.9 Å². The van der Waals surface area contributed by atoms with Gasteiger partial charge in [-0.15, -0.1) is 0 Å². The first kappa shape index (κ1) is 12.3. The second-order valence-corrected chi connectivity index (χ2v) is 5.55. The zero-order valence-corrected chi connectivity index (χ0v) is 11.5. The molecule has 0 aliphatic heterocycles. The van der Waals surface area contributed by atoms with E-state index in [4.69, 9.17) is 12.2 Å². The summed E-state index contributed by atoms with van der Waals surface area (Å²) in [7, 11) is 0. The molecule has 1 saturated carbocycles. The van der Waals surface area contributed by atoms with E-state index in [9.17, 15) is 9.59 Å². The molecule has 1 aliphatic rings. The Hall–Kier alpha value is -1.76. The van der Waals surface area contributed by atoms with Gasteiger partial charge in [0, 0.05) is 12.0 Å². The normalized spacial score (nSPS) is 15.3. The number of hydrogen-bond acceptors (Lipinski definition) is 4. The van der Waals surface area contributed by atoms with E-state index in [1.165, 1.54) is 0 Å². The summed E-state index contributed by atoms with van der Waals surface area (Å²) >= 11 is 5.19. The minimum Gasteiger partial charge on any atom is -0.329 e. The van der Waals surface area contributed by atoms with Gasteiger partial charge in [0.25, 0.3) is 5.56 Å². The first-order chi connectivity index (χ1) is 8.99. The Morgan fingerprint density at radius 1 is 1.32 bits per heavy atom. The molecule has 0 bridgehead atoms. The van der Waals surface area contributed by atoms with Gasteiger partial charge in [0.05, 0.1) is 0 Å². The lowest BCUT2D eigenvalue weighted by Gasteiger charge is -2.11. The largest absolute Gasteiger partial charge is 0.330 e. The standard InChI is InChI=1S/C12H14N4O2S/c1-5(2)8-13-9-7(11(19)14-8)10(17)15-12(18)16(9)6-3-4-6/h5-6H,3-4H2,1-2H3,(H,13,14,19)(H,15,17,18). The molecule has 0 saturated heterocycles. The number of aromatic nitrogens is 4. The Bertz CT molecular complexity index is 826. The van der Waals surface area contributed by atoms with Crippen molar-refractivity contribution in [2.75, 3.05) is 0 Å². The Balaban J connectivity index is 2.51. The van der Waals surface area contributed by atoms with Crippen molar-refractivity contribution in [1.82, 2.24) is 19.5 Å². The molecule has 0 atom stereocenters. The maximum atomic E-state index is 12.0. The van der Waals surface area contributed by atoms with Gasteiger partial charge < -0.3 is 4.98 Å². The Morgan fingerprint density at radius 3 is 2.58 bits per heavy atom. The lowest BCUT2D eigenvalue weighted by Crippen LogP contribution is -2.31. The highest BCUT2D eigenvalue weighted by Crippen LogP contribution is 2.34. The van der Waals surface area contributed by atoms with Crippen LogP contribution in [-0.4, -0.2) is 19.5 Å². The van der Waals surface area contributed by atoms with Crippen molar-refractivity contribution < 1.29 is 0 Å². The third kappa shape index (κ3) is 1.94. The molecular formula is C12H14N4O2S. The Kier molecular flexibility index (Phi) is 2.67. The van der Waals surface area contributed by atoms with Crippen LogP contribution in [-0.2, 0) is 0 Å². The number of nitrogens with zero attached hydrogens (tertiary/aromatic N) is 2. The summed E-state index contributed by atoms with van der Waals surface area (Å²) in [5, 5.41) is 0.297. The van der Waals surface area contributed by atoms with Crippen LogP contribution >= 0.6 is 12.2 Å². The minimum atomic E-state index is -0.471. The fourth-order valence-corrected chi connectivity index (χ4v) is 2.43. The first-order valence-electron chi connectivity index (χ1n) is 6.27. The van der Waals surface area contributed by atoms with Crippen LogP contribution < -0.4 is 11.2 Å². The van der Waals surface area contributed by atoms with E-state index in [1.54, 1.807) is 4.57 Å². The van der Waals surface area contributed by atoms with Gasteiger partial charge in [0.15, 0.2) is 0 Å². The first-order valence-corrected chi connectivity index (χ1v) is 6.68. The van der Waals surface area contributed by atoms with E-state index >= 15 is 0 Å². The molecule has 1 fully saturated rings. The molecule has 100 valence electrons. The predicted octanol–water partition coefficient (Wildman–Crippen LogP) is 1.60. The topological polar surface area (TPSA) is 83.5 Å². The maximum Gasteiger partial charge on any atom is 0.330 e. The maximum absolute atomic E-state index is 12.0. The van der Waals surface area contributed by atoms with Crippen LogP contribution in [0.3, 0.4) is 0 Å². The average molecular weight is 278 g/mol. The fraction of sp³-hybridized carbons (Fsp3) is 0.500. The molecule has 2 aromatic heterocycles. The SMILES string of the molecule is CC(C)c1nc(=S)c2c(=O)[nH]c(=O)n(C3CC3)c2[nH]1. The Labute approximate surface area is 113 Å². The third-order valence-corrected chi connectivity index (χ3v) is 3.58. The van der Waals surface area contributed by atoms with Crippen molar-refractivity contribution in [3.05, 3.63) is 31.3 Å². The molecule has 19 heavy (non-hydrogen) atoms. The summed E-state index contributed by atoms with van der Waals surface area (Å²) in [6.45, 7) is 3.96. The van der Waals surface area contributed by atoms with Crippen LogP contribution in [0.25, 0.3) is 11.0 Å². The number of H-pyrrole nitrogens is 2. The van der Waals surface area contributed by atoms with Crippen LogP contribution in [0.1, 0.15) is 44.5 Å². The summed E-state index contributed by atoms with van der Waals surface area (Å²) in [6, 6.07) is 0.153. The second kappa shape index (κ2) is 4.12. The highest BCUT2D eigenvalue weighted by atomic mass is 32.1. The van der Waals surface area contributed by atoms with Crippen molar-refractivity contribution in [3.8, 4) is 0 Å². The summed E-state index contributed by atoms with van der Waals surface area (Å²) in [5.74, 6) is 0.838. The number of aromatic amines is 2. The quantitative estimate of drug-likeness (QED) is 0.817. The van der Waals surface area contributed by atoms with E-state index in [2.05, 4.69) is 15.0 Å². The van der Waals surface area contributed by atoms with Crippen LogP contribution in [0.15, 0.2) is 9.59 Å². The van der Waals surface area contributed by atoms with Gasteiger partial charge in [-0.3, -0.25) is 14.3 Å². The number of fused-ring (bicyclic) bond motifs is 1. The molecule has 0 radical (unpaired) electrons. The van der Waals surface area contributed by atoms with Gasteiger partial charge in [-0.05, 0) is 12.8 Å². The Morgan fingerprint density at radius 2 is 2.00 bits per heavy atom. The zero-order valence-electron chi connectivity index (χ0n) is 10.7. The van der Waals surface area contributed by atoms with E-state index in [-0.39, 0.29) is 22.3 Å². The summed E-state index contributed by atoms with van der Waals surface area (Å²) in [6.07, 6.45) is 1.89. The van der Waals surface area contributed by atoms with Crippen LogP contribution in [0.2, 0.25) is 0 Å². The number of hydrogen-bond donors (Lipinski definition) is 2. The number of rotatable bonds is 2. The smallest absolute Gasteiger partial charge is 0.329 e. The lowest BCUT2D eigenvalue weighted by molar-refractivity contribution is 0.687. The van der Waals surface area contributed by atoms with Crippen molar-refractivity contribution in [2.24, 2.45) is 0 Å². The molecule has 0 unspecified atom stereocenters. The molecule has 2 heterocycles. The predicted molar refractivity (Wildman–Crippen MR) is 74.2 cm³/mol. The van der Waals surface area contributed by atoms with Gasteiger partial charge in [0.2, 0.25) is 0 Å². The molecule has 3 rings (SSSR count). The van der Waals surface area contributed by atoms with Crippen molar-refractivity contribution in [3.63, 3.8) is 0 Å². The molecule has 2 N–H and O–H groups in total. The summed E-state index contributed by atoms with van der Waals surface area (Å²) < 4.78 is 1.84. The second-order valence-electron chi connectivity index (χ2n) is 5.17. The highest BCUT2D eigenvalue weighted by molar-refractivity contribution is 7.71. The molecular weight excluding hydrogens is 264 g/mol. The summed E-state index contributed by atoms with van der Waals surface area (Å²) in [5.41, 5.74) is -0.354.